The summed E-state index contributed by atoms with van der Waals surface area (Å²) in [4.78, 5) is 20.3. The summed E-state index contributed by atoms with van der Waals surface area (Å²) < 4.78 is 16.7. The van der Waals surface area contributed by atoms with E-state index in [-0.39, 0.29) is 24.0 Å². The van der Waals surface area contributed by atoms with Gasteiger partial charge in [0.2, 0.25) is 0 Å². The number of carbonyl (C=O) groups excluding carboxylic acids is 1. The van der Waals surface area contributed by atoms with Crippen LogP contribution in [-0.4, -0.2) is 29.2 Å². The summed E-state index contributed by atoms with van der Waals surface area (Å²) >= 11 is 6.12. The van der Waals surface area contributed by atoms with E-state index in [0.29, 0.717) is 22.1 Å². The molecule has 0 bridgehead atoms. The molecule has 4 rings (SSSR count). The summed E-state index contributed by atoms with van der Waals surface area (Å²) in [6.07, 6.45) is 1.34. The van der Waals surface area contributed by atoms with Crippen LogP contribution in [0.4, 0.5) is 0 Å². The van der Waals surface area contributed by atoms with Gasteiger partial charge >= 0.3 is 5.97 Å². The Labute approximate surface area is 189 Å². The van der Waals surface area contributed by atoms with Crippen molar-refractivity contribution in [2.75, 3.05) is 7.11 Å². The average Bonchev–Trinajstić information content (AvgIpc) is 3.12. The van der Waals surface area contributed by atoms with Crippen LogP contribution in [-0.2, 0) is 16.1 Å². The van der Waals surface area contributed by atoms with Crippen LogP contribution in [0.3, 0.4) is 0 Å². The number of esters is 1. The summed E-state index contributed by atoms with van der Waals surface area (Å²) in [5, 5.41) is 11.4. The number of H-pyrrole nitrogens is 1. The molecule has 4 aromatic rings. The van der Waals surface area contributed by atoms with Crippen LogP contribution in [0.2, 0.25) is 5.02 Å². The number of hydrogen-bond donors (Lipinski definition) is 1. The number of aromatic amines is 1. The number of ether oxygens (including phenoxy) is 3. The maximum Gasteiger partial charge on any atom is 0.357 e. The normalized spacial score (nSPS) is 11.1. The van der Waals surface area contributed by atoms with E-state index in [1.807, 2.05) is 12.1 Å². The van der Waals surface area contributed by atoms with Gasteiger partial charge in [0.25, 0.3) is 0 Å². The summed E-state index contributed by atoms with van der Waals surface area (Å²) in [5.74, 6) is 0.371. The lowest BCUT2D eigenvalue weighted by molar-refractivity contribution is 0.0366. The predicted molar refractivity (Wildman–Crippen MR) is 121 cm³/mol. The molecule has 7 nitrogen and oxygen atoms in total. The molecule has 32 heavy (non-hydrogen) atoms. The van der Waals surface area contributed by atoms with Gasteiger partial charge in [0.15, 0.2) is 5.69 Å². The van der Waals surface area contributed by atoms with E-state index < -0.39 is 5.97 Å². The average molecular weight is 450 g/mol. The number of benzene rings is 2. The van der Waals surface area contributed by atoms with Crippen LogP contribution in [0.25, 0.3) is 21.8 Å². The maximum atomic E-state index is 12.6. The van der Waals surface area contributed by atoms with E-state index >= 15 is 0 Å². The number of rotatable bonds is 6. The van der Waals surface area contributed by atoms with Gasteiger partial charge in [0, 0.05) is 29.0 Å². The van der Waals surface area contributed by atoms with Crippen LogP contribution in [0.5, 0.6) is 11.5 Å². The Hall–Kier alpha value is -3.60. The first kappa shape index (κ1) is 21.6. The highest BCUT2D eigenvalue weighted by atomic mass is 35.5. The quantitative estimate of drug-likeness (QED) is 0.376. The number of pyridine rings is 1. The lowest BCUT2D eigenvalue weighted by Gasteiger charge is -2.12. The molecule has 0 saturated carbocycles. The Balaban J connectivity index is 1.87. The number of halogens is 1. The summed E-state index contributed by atoms with van der Waals surface area (Å²) in [6.45, 7) is 3.75. The minimum Gasteiger partial charge on any atom is -0.458 e. The van der Waals surface area contributed by atoms with Crippen LogP contribution < -0.4 is 4.74 Å². The van der Waals surface area contributed by atoms with E-state index in [9.17, 15) is 10.1 Å². The zero-order valence-electron chi connectivity index (χ0n) is 17.7. The SMILES string of the molecule is COCc1c(C(=O)OC(C)C)ncc2[nH]c3ccc(Oc4cccc(Cl)c4C#N)cc3c12. The molecule has 0 radical (unpaired) electrons. The highest BCUT2D eigenvalue weighted by Crippen LogP contribution is 2.35. The maximum absolute atomic E-state index is 12.6. The van der Waals surface area contributed by atoms with Crippen molar-refractivity contribution in [2.24, 2.45) is 0 Å². The van der Waals surface area contributed by atoms with Gasteiger partial charge < -0.3 is 19.2 Å². The molecule has 0 amide bonds. The lowest BCUT2D eigenvalue weighted by atomic mass is 10.1. The standard InChI is InChI=1S/C24H20ClN3O4/c1-13(2)31-24(29)23-17(12-30-3)22-15-9-14(7-8-19(15)28-20(22)11-27-23)32-21-6-4-5-18(25)16(21)10-26/h4-9,11,13,28H,12H2,1-3H3. The first-order valence-electron chi connectivity index (χ1n) is 9.92. The topological polar surface area (TPSA) is 97.2 Å². The predicted octanol–water partition coefficient (Wildman–Crippen LogP) is 5.75. The summed E-state index contributed by atoms with van der Waals surface area (Å²) in [5.41, 5.74) is 2.69. The second-order valence-corrected chi connectivity index (χ2v) is 7.83. The third-order valence-corrected chi connectivity index (χ3v) is 5.16. The molecule has 0 aliphatic rings. The minimum absolute atomic E-state index is 0.178. The van der Waals surface area contributed by atoms with Crippen molar-refractivity contribution in [3.63, 3.8) is 0 Å². The number of nitrogens with zero attached hydrogens (tertiary/aromatic N) is 2. The van der Waals surface area contributed by atoms with Crippen molar-refractivity contribution in [3.8, 4) is 17.6 Å². The zero-order valence-corrected chi connectivity index (χ0v) is 18.5. The van der Waals surface area contributed by atoms with Crippen LogP contribution in [0.15, 0.2) is 42.6 Å². The van der Waals surface area contributed by atoms with Gasteiger partial charge in [-0.25, -0.2) is 9.78 Å². The van der Waals surface area contributed by atoms with Gasteiger partial charge in [-0.05, 0) is 44.2 Å². The largest absolute Gasteiger partial charge is 0.458 e. The molecule has 0 spiro atoms. The van der Waals surface area contributed by atoms with Crippen molar-refractivity contribution in [1.82, 2.24) is 9.97 Å². The summed E-state index contributed by atoms with van der Waals surface area (Å²) in [6, 6.07) is 12.6. The number of nitriles is 1. The Morgan fingerprint density at radius 3 is 2.78 bits per heavy atom. The van der Waals surface area contributed by atoms with Crippen LogP contribution in [0.1, 0.15) is 35.5 Å². The first-order chi connectivity index (χ1) is 15.4. The summed E-state index contributed by atoms with van der Waals surface area (Å²) in [7, 11) is 1.56. The Bertz CT molecular complexity index is 1370. The Morgan fingerprint density at radius 1 is 1.25 bits per heavy atom. The molecule has 8 heteroatoms. The molecule has 2 aromatic carbocycles. The van der Waals surface area contributed by atoms with Crippen LogP contribution in [0, 0.1) is 11.3 Å². The fraction of sp³-hybridized carbons (Fsp3) is 0.208. The number of aromatic nitrogens is 2. The van der Waals surface area contributed by atoms with Gasteiger partial charge in [-0.2, -0.15) is 5.26 Å². The van der Waals surface area contributed by atoms with Gasteiger partial charge in [-0.1, -0.05) is 17.7 Å². The molecule has 2 heterocycles. The molecule has 0 fully saturated rings. The van der Waals surface area contributed by atoms with Gasteiger partial charge in [-0.3, -0.25) is 0 Å². The van der Waals surface area contributed by atoms with Gasteiger partial charge in [0.05, 0.1) is 29.4 Å². The molecular weight excluding hydrogens is 430 g/mol. The van der Waals surface area contributed by atoms with Crippen molar-refractivity contribution in [1.29, 1.82) is 5.26 Å². The fourth-order valence-corrected chi connectivity index (χ4v) is 3.77. The molecule has 0 unspecified atom stereocenters. The van der Waals surface area contributed by atoms with E-state index in [2.05, 4.69) is 16.0 Å². The van der Waals surface area contributed by atoms with Crippen LogP contribution >= 0.6 is 11.6 Å². The highest BCUT2D eigenvalue weighted by molar-refractivity contribution is 6.32. The number of fused-ring (bicyclic) bond motifs is 3. The van der Waals surface area contributed by atoms with Crippen molar-refractivity contribution >= 4 is 39.4 Å². The lowest BCUT2D eigenvalue weighted by Crippen LogP contribution is -2.15. The molecule has 0 atom stereocenters. The second kappa shape index (κ2) is 8.87. The first-order valence-corrected chi connectivity index (χ1v) is 10.3. The number of nitrogens with one attached hydrogen (secondary N) is 1. The number of carbonyl (C=O) groups is 1. The molecular formula is C24H20ClN3O4. The van der Waals surface area contributed by atoms with Gasteiger partial charge in [0.1, 0.15) is 23.1 Å². The minimum atomic E-state index is -0.506. The molecule has 0 aliphatic carbocycles. The molecule has 1 N–H and O–H groups in total. The van der Waals surface area contributed by atoms with Crippen molar-refractivity contribution in [2.45, 2.75) is 26.6 Å². The van der Waals surface area contributed by atoms with E-state index in [1.54, 1.807) is 51.4 Å². The van der Waals surface area contributed by atoms with E-state index in [1.165, 1.54) is 0 Å². The molecule has 162 valence electrons. The Morgan fingerprint density at radius 2 is 2.06 bits per heavy atom. The molecule has 0 aliphatic heterocycles. The molecule has 2 aromatic heterocycles. The number of methoxy groups -OCH3 is 1. The van der Waals surface area contributed by atoms with Crippen molar-refractivity contribution < 1.29 is 19.0 Å². The van der Waals surface area contributed by atoms with E-state index in [0.717, 1.165) is 21.8 Å². The third-order valence-electron chi connectivity index (χ3n) is 4.85. The third kappa shape index (κ3) is 3.98. The monoisotopic (exact) mass is 449 g/mol. The fourth-order valence-electron chi connectivity index (χ4n) is 3.56. The van der Waals surface area contributed by atoms with E-state index in [4.69, 9.17) is 25.8 Å². The Kier molecular flexibility index (Phi) is 5.99. The second-order valence-electron chi connectivity index (χ2n) is 7.42. The smallest absolute Gasteiger partial charge is 0.357 e. The van der Waals surface area contributed by atoms with Gasteiger partial charge in [-0.15, -0.1) is 0 Å². The zero-order chi connectivity index (χ0) is 22.8. The highest BCUT2D eigenvalue weighted by Gasteiger charge is 2.21. The van der Waals surface area contributed by atoms with Crippen molar-refractivity contribution in [3.05, 3.63) is 64.4 Å². The number of hydrogen-bond acceptors (Lipinski definition) is 6. The molecule has 0 saturated heterocycles.